The molecule has 10 heteroatoms. The van der Waals surface area contributed by atoms with Crippen molar-refractivity contribution in [2.75, 3.05) is 13.6 Å². The number of nitrogens with one attached hydrogen (secondary N) is 3. The van der Waals surface area contributed by atoms with Crippen LogP contribution in [0.1, 0.15) is 49.1 Å². The van der Waals surface area contributed by atoms with Crippen LogP contribution in [0.5, 0.6) is 0 Å². The molecule has 3 N–H and O–H groups in total. The number of unbranched alkanes of at least 4 members (excludes halogenated alkanes) is 3. The molecule has 0 saturated heterocycles. The van der Waals surface area contributed by atoms with Crippen LogP contribution < -0.4 is 21.4 Å². The Hall–Kier alpha value is -4.56. The summed E-state index contributed by atoms with van der Waals surface area (Å²) in [5.41, 5.74) is 15.5. The quantitative estimate of drug-likeness (QED) is 0.176. The molecule has 2 heterocycles. The second kappa shape index (κ2) is 16.2. The molecule has 0 aliphatic rings. The zero-order valence-corrected chi connectivity index (χ0v) is 23.8. The number of alkyl halides is 2. The van der Waals surface area contributed by atoms with Gasteiger partial charge >= 0.3 is 0 Å². The predicted octanol–water partition coefficient (Wildman–Crippen LogP) is 4.88. The summed E-state index contributed by atoms with van der Waals surface area (Å²) in [6.45, 7) is 6.70. The molecule has 6 nitrogen and oxygen atoms in total. The van der Waals surface area contributed by atoms with Crippen LogP contribution >= 0.6 is 0 Å². The van der Waals surface area contributed by atoms with Crippen LogP contribution in [0.2, 0.25) is 0 Å². The third-order valence-electron chi connectivity index (χ3n) is 5.09. The number of allylic oxidation sites excluding steroid dienone is 1. The topological polar surface area (TPSA) is 86.5 Å². The summed E-state index contributed by atoms with van der Waals surface area (Å²) in [6.07, 6.45) is 8.81. The maximum atomic E-state index is 12.3. The van der Waals surface area contributed by atoms with Gasteiger partial charge in [0.25, 0.3) is 0 Å². The Bertz CT molecular complexity index is 1220. The second-order valence-corrected chi connectivity index (χ2v) is 7.71. The molecule has 3 aromatic rings. The van der Waals surface area contributed by atoms with E-state index in [9.17, 15) is 13.2 Å². The smallest absolute Gasteiger partial charge is 0.224 e. The Morgan fingerprint density at radius 2 is 1.97 bits per heavy atom. The number of hydrazine groups is 1. The van der Waals surface area contributed by atoms with Gasteiger partial charge in [0, 0.05) is 41.7 Å². The maximum Gasteiger partial charge on any atom is 0.224 e. The summed E-state index contributed by atoms with van der Waals surface area (Å²) in [4.78, 5) is 13.0. The van der Waals surface area contributed by atoms with E-state index in [0.717, 1.165) is 60.0 Å². The third-order valence-corrected chi connectivity index (χ3v) is 5.09. The Kier molecular flexibility index (Phi) is 13.3. The zero-order valence-electron chi connectivity index (χ0n) is 20.8. The molecule has 0 saturated carbocycles. The molecule has 3 rings (SSSR count). The molecule has 0 aliphatic carbocycles. The Morgan fingerprint density at radius 3 is 2.57 bits per heavy atom. The maximum absolute atomic E-state index is 12.3. The first kappa shape index (κ1) is 30.5. The van der Waals surface area contributed by atoms with E-state index in [1.807, 2.05) is 32.2 Å². The van der Waals surface area contributed by atoms with E-state index in [4.69, 9.17) is 5.73 Å². The first-order chi connectivity index (χ1) is 17.4. The third kappa shape index (κ3) is 9.54. The van der Waals surface area contributed by atoms with Crippen molar-refractivity contribution in [3.05, 3.63) is 101 Å². The molecular weight excluding hydrogens is 712 g/mol. The van der Waals surface area contributed by atoms with Crippen LogP contribution in [-0.2, 0) is 0 Å². The monoisotopic (exact) mass is 739 g/mol. The number of halogens is 3. The van der Waals surface area contributed by atoms with Crippen molar-refractivity contribution >= 4 is 17.5 Å². The summed E-state index contributed by atoms with van der Waals surface area (Å²) in [5.74, 6) is -0.131. The van der Waals surface area contributed by atoms with E-state index in [0.29, 0.717) is 5.82 Å². The summed E-state index contributed by atoms with van der Waals surface area (Å²) in [7, 11) is 1.87. The van der Waals surface area contributed by atoms with Crippen molar-refractivity contribution in [1.29, 1.82) is 0 Å². The van der Waals surface area contributed by atoms with E-state index < -0.39 is 17.8 Å². The van der Waals surface area contributed by atoms with Crippen LogP contribution in [-0.4, -0.2) is 28.5 Å². The van der Waals surface area contributed by atoms with Crippen molar-refractivity contribution in [1.82, 2.24) is 25.8 Å². The van der Waals surface area contributed by atoms with Crippen LogP contribution in [0, 0.1) is 18.8 Å². The molecule has 0 spiro atoms. The molecule has 0 fully saturated rings. The van der Waals surface area contributed by atoms with Gasteiger partial charge in [-0.3, -0.25) is 20.8 Å². The molecule has 0 amide bonds. The SMILES string of the molecule is C=C/C(c1cccnc1)=c1/nc(C)nc([NH-])/c1=C/CCCCCNNC.Fc1[c-]cccc1C(F)F.[Cm]. The van der Waals surface area contributed by atoms with Gasteiger partial charge in [-0.25, -0.2) is 13.2 Å². The minimum absolute atomic E-state index is 0. The van der Waals surface area contributed by atoms with Gasteiger partial charge in [0.2, 0.25) is 6.43 Å². The van der Waals surface area contributed by atoms with Crippen LogP contribution in [0.4, 0.5) is 19.0 Å². The summed E-state index contributed by atoms with van der Waals surface area (Å²) < 4.78 is 35.8. The molecule has 1 aromatic carbocycles. The first-order valence-corrected chi connectivity index (χ1v) is 11.6. The minimum Gasteiger partial charge on any atom is -0.481 e. The van der Waals surface area contributed by atoms with E-state index >= 15 is 0 Å². The fraction of sp³-hybridized carbons (Fsp3) is 0.296. The molecule has 37 heavy (non-hydrogen) atoms. The number of aromatic nitrogens is 3. The molecule has 0 radical (unpaired) electrons. The largest absolute Gasteiger partial charge is 0.481 e. The molecule has 200 valence electrons. The zero-order chi connectivity index (χ0) is 26.3. The molecule has 0 aliphatic heterocycles. The van der Waals surface area contributed by atoms with E-state index in [1.165, 1.54) is 12.1 Å². The van der Waals surface area contributed by atoms with Gasteiger partial charge < -0.3 is 10.7 Å². The van der Waals surface area contributed by atoms with Gasteiger partial charge in [-0.05, 0) is 44.5 Å². The van der Waals surface area contributed by atoms with E-state index in [2.05, 4.69) is 38.5 Å². The van der Waals surface area contributed by atoms with Gasteiger partial charge in [-0.2, -0.15) is 18.2 Å². The van der Waals surface area contributed by atoms with Crippen molar-refractivity contribution in [2.45, 2.75) is 39.0 Å². The second-order valence-electron chi connectivity index (χ2n) is 7.71. The van der Waals surface area contributed by atoms with Gasteiger partial charge in [0.05, 0.1) is 5.35 Å². The van der Waals surface area contributed by atoms with Crippen molar-refractivity contribution in [3.8, 4) is 0 Å². The fourth-order valence-corrected chi connectivity index (χ4v) is 3.36. The van der Waals surface area contributed by atoms with Crippen molar-refractivity contribution < 1.29 is 13.2 Å². The molecular formula is C27H31CmF3N6-2. The molecule has 2 aromatic heterocycles. The van der Waals surface area contributed by atoms with Gasteiger partial charge in [-0.15, -0.1) is 6.07 Å². The molecule has 0 unspecified atom stereocenters. The number of hydrogen-bond acceptors (Lipinski definition) is 5. The van der Waals surface area contributed by atoms with Gasteiger partial charge in [0.15, 0.2) is 0 Å². The van der Waals surface area contributed by atoms with Crippen molar-refractivity contribution in [2.24, 2.45) is 0 Å². The van der Waals surface area contributed by atoms with Crippen LogP contribution in [0.3, 0.4) is 0 Å². The van der Waals surface area contributed by atoms with E-state index in [-0.39, 0.29) is 5.82 Å². The normalized spacial score (nSPS) is 11.9. The van der Waals surface area contributed by atoms with E-state index in [1.54, 1.807) is 18.5 Å². The number of nitrogens with zero attached hydrogens (tertiary/aromatic N) is 3. The van der Waals surface area contributed by atoms with Crippen LogP contribution in [0.25, 0.3) is 17.4 Å². The summed E-state index contributed by atoms with van der Waals surface area (Å²) >= 11 is 0. The number of hydrogen-bond donors (Lipinski definition) is 2. The average molecular weight is 744 g/mol. The molecule has 0 atom stereocenters. The minimum atomic E-state index is -2.75. The Balaban J connectivity index is 0.000000523. The fourth-order valence-electron chi connectivity index (χ4n) is 3.36. The Labute approximate surface area is 209 Å². The Morgan fingerprint density at radius 1 is 1.19 bits per heavy atom. The van der Waals surface area contributed by atoms with Crippen LogP contribution in [0.15, 0.2) is 55.4 Å². The first-order valence-electron chi connectivity index (χ1n) is 11.6. The summed E-state index contributed by atoms with van der Waals surface area (Å²) in [5, 5.41) is 1.52. The number of aryl methyl sites for hydroxylation is 1. The molecule has 0 bridgehead atoms. The van der Waals surface area contributed by atoms with Gasteiger partial charge in [0.1, 0.15) is 0 Å². The van der Waals surface area contributed by atoms with Crippen molar-refractivity contribution in [3.63, 3.8) is 0 Å². The number of rotatable bonds is 10. The summed E-state index contributed by atoms with van der Waals surface area (Å²) in [6, 6.07) is 9.51. The standard InChI is InChI=1S/C20H27N6.C7H4F3.Cm/c1-4-17(16-10-9-12-23-14-16)19-18(20(21)26-15(2)25-19)11-7-5-6-8-13-24-22-3;8-6-4-2-1-3-5(6)7(9)10;/h4,9-12,14,22,24H,1,5-8,13H2,2-3H3,(H-,21,25,26);1-3,7H;/q2*-1;/b18-11+,19-17-;;. The average Bonchev–Trinajstić information content (AvgIpc) is 2.86. The van der Waals surface area contributed by atoms with Gasteiger partial charge in [-0.1, -0.05) is 42.6 Å². The number of benzene rings is 1. The number of pyridine rings is 1. The predicted molar refractivity (Wildman–Crippen MR) is 137 cm³/mol.